The molecule has 1 atom stereocenters. The summed E-state index contributed by atoms with van der Waals surface area (Å²) in [4.78, 5) is 16.5. The molecule has 1 aromatic carbocycles. The van der Waals surface area contributed by atoms with Crippen LogP contribution in [-0.4, -0.2) is 53.3 Å². The van der Waals surface area contributed by atoms with Crippen molar-refractivity contribution in [1.82, 2.24) is 15.1 Å². The van der Waals surface area contributed by atoms with Crippen LogP contribution < -0.4 is 9.64 Å². The fourth-order valence-electron chi connectivity index (χ4n) is 3.23. The van der Waals surface area contributed by atoms with Gasteiger partial charge < -0.3 is 19.0 Å². The van der Waals surface area contributed by atoms with Crippen molar-refractivity contribution >= 4 is 11.7 Å². The van der Waals surface area contributed by atoms with E-state index in [9.17, 15) is 9.18 Å². The number of aromatic nitrogens is 2. The molecule has 150 valence electrons. The second-order valence-corrected chi connectivity index (χ2v) is 6.78. The van der Waals surface area contributed by atoms with E-state index in [4.69, 9.17) is 9.15 Å². The number of halogens is 1. The predicted octanol–water partition coefficient (Wildman–Crippen LogP) is 2.99. The van der Waals surface area contributed by atoms with Crippen LogP contribution in [0.5, 0.6) is 5.75 Å². The third-order valence-corrected chi connectivity index (χ3v) is 4.81. The van der Waals surface area contributed by atoms with E-state index in [0.717, 1.165) is 5.82 Å². The Balaban J connectivity index is 1.31. The van der Waals surface area contributed by atoms with Gasteiger partial charge in [-0.1, -0.05) is 0 Å². The van der Waals surface area contributed by atoms with Crippen molar-refractivity contribution in [2.24, 2.45) is 0 Å². The van der Waals surface area contributed by atoms with Crippen LogP contribution >= 0.6 is 0 Å². The Morgan fingerprint density at radius 1 is 1.07 bits per heavy atom. The molecule has 2 aromatic heterocycles. The Morgan fingerprint density at radius 3 is 2.45 bits per heavy atom. The second kappa shape index (κ2) is 8.30. The molecule has 1 fully saturated rings. The lowest BCUT2D eigenvalue weighted by Gasteiger charge is -2.36. The maximum Gasteiger partial charge on any atom is 0.263 e. The van der Waals surface area contributed by atoms with Crippen molar-refractivity contribution in [3.05, 3.63) is 60.6 Å². The summed E-state index contributed by atoms with van der Waals surface area (Å²) < 4.78 is 24.0. The van der Waals surface area contributed by atoms with Crippen molar-refractivity contribution in [2.45, 2.75) is 13.0 Å². The maximum atomic E-state index is 13.0. The van der Waals surface area contributed by atoms with Gasteiger partial charge in [0.25, 0.3) is 5.91 Å². The minimum absolute atomic E-state index is 0.0896. The number of piperazine rings is 1. The van der Waals surface area contributed by atoms with Gasteiger partial charge in [-0.05, 0) is 55.5 Å². The second-order valence-electron chi connectivity index (χ2n) is 6.78. The van der Waals surface area contributed by atoms with Crippen LogP contribution in [-0.2, 0) is 4.79 Å². The molecule has 3 heterocycles. The van der Waals surface area contributed by atoms with Crippen molar-refractivity contribution < 1.29 is 18.3 Å². The average molecular weight is 396 g/mol. The van der Waals surface area contributed by atoms with Gasteiger partial charge in [-0.3, -0.25) is 4.79 Å². The highest BCUT2D eigenvalue weighted by atomic mass is 19.1. The Morgan fingerprint density at radius 2 is 1.83 bits per heavy atom. The van der Waals surface area contributed by atoms with Crippen molar-refractivity contribution in [3.63, 3.8) is 0 Å². The van der Waals surface area contributed by atoms with E-state index < -0.39 is 6.10 Å². The third kappa shape index (κ3) is 4.37. The summed E-state index contributed by atoms with van der Waals surface area (Å²) in [6, 6.07) is 13.1. The molecule has 0 bridgehead atoms. The standard InChI is InChI=1S/C21H21FN4O3/c1-15(29-17-6-4-16(22)5-7-17)21(27)26-12-10-25(11-13-26)20-9-8-18(23-24-20)19-3-2-14-28-19/h2-9,14-15H,10-13H2,1H3. The first-order chi connectivity index (χ1) is 14.1. The number of benzene rings is 1. The third-order valence-electron chi connectivity index (χ3n) is 4.81. The van der Waals surface area contributed by atoms with Gasteiger partial charge in [0.2, 0.25) is 0 Å². The van der Waals surface area contributed by atoms with E-state index in [2.05, 4.69) is 15.1 Å². The number of nitrogens with zero attached hydrogens (tertiary/aromatic N) is 4. The molecule has 4 rings (SSSR count). The molecular formula is C21H21FN4O3. The van der Waals surface area contributed by atoms with E-state index in [-0.39, 0.29) is 11.7 Å². The first kappa shape index (κ1) is 18.9. The lowest BCUT2D eigenvalue weighted by molar-refractivity contribution is -0.138. The number of anilines is 1. The molecular weight excluding hydrogens is 375 g/mol. The van der Waals surface area contributed by atoms with Gasteiger partial charge in [0.05, 0.1) is 6.26 Å². The van der Waals surface area contributed by atoms with Crippen LogP contribution in [0.1, 0.15) is 6.92 Å². The van der Waals surface area contributed by atoms with Crippen LogP contribution in [0.15, 0.2) is 59.2 Å². The van der Waals surface area contributed by atoms with Crippen LogP contribution in [0.4, 0.5) is 10.2 Å². The molecule has 0 saturated carbocycles. The zero-order valence-corrected chi connectivity index (χ0v) is 16.0. The van der Waals surface area contributed by atoms with Gasteiger partial charge in [-0.25, -0.2) is 4.39 Å². The SMILES string of the molecule is CC(Oc1ccc(F)cc1)C(=O)N1CCN(c2ccc(-c3ccco3)nn2)CC1. The molecule has 1 saturated heterocycles. The first-order valence-electron chi connectivity index (χ1n) is 9.44. The zero-order valence-electron chi connectivity index (χ0n) is 16.0. The Kier molecular flexibility index (Phi) is 5.41. The molecule has 0 radical (unpaired) electrons. The summed E-state index contributed by atoms with van der Waals surface area (Å²) in [6.07, 6.45) is 0.960. The maximum absolute atomic E-state index is 13.0. The van der Waals surface area contributed by atoms with Crippen LogP contribution in [0.25, 0.3) is 11.5 Å². The molecule has 3 aromatic rings. The summed E-state index contributed by atoms with van der Waals surface area (Å²) in [7, 11) is 0. The van der Waals surface area contributed by atoms with Crippen LogP contribution in [0.3, 0.4) is 0 Å². The van der Waals surface area contributed by atoms with E-state index in [1.807, 2.05) is 24.3 Å². The number of amides is 1. The molecule has 0 aliphatic carbocycles. The molecule has 1 aliphatic rings. The molecule has 1 unspecified atom stereocenters. The van der Waals surface area contributed by atoms with Crippen molar-refractivity contribution in [1.29, 1.82) is 0 Å². The summed E-state index contributed by atoms with van der Waals surface area (Å²) in [6.45, 7) is 4.15. The fraction of sp³-hybridized carbons (Fsp3) is 0.286. The molecule has 0 N–H and O–H groups in total. The summed E-state index contributed by atoms with van der Waals surface area (Å²) >= 11 is 0. The van der Waals surface area contributed by atoms with E-state index >= 15 is 0 Å². The van der Waals surface area contributed by atoms with Crippen LogP contribution in [0, 0.1) is 5.82 Å². The van der Waals surface area contributed by atoms with E-state index in [0.29, 0.717) is 43.4 Å². The molecule has 1 aliphatic heterocycles. The monoisotopic (exact) mass is 396 g/mol. The average Bonchev–Trinajstić information content (AvgIpc) is 3.30. The van der Waals surface area contributed by atoms with Gasteiger partial charge in [0, 0.05) is 26.2 Å². The van der Waals surface area contributed by atoms with Gasteiger partial charge in [0.1, 0.15) is 17.3 Å². The lowest BCUT2D eigenvalue weighted by Crippen LogP contribution is -2.52. The molecule has 0 spiro atoms. The van der Waals surface area contributed by atoms with E-state index in [1.165, 1.54) is 24.3 Å². The highest BCUT2D eigenvalue weighted by Crippen LogP contribution is 2.20. The summed E-state index contributed by atoms with van der Waals surface area (Å²) in [5.74, 6) is 1.48. The number of carbonyl (C=O) groups is 1. The Labute approximate surface area is 167 Å². The number of furan rings is 1. The van der Waals surface area contributed by atoms with Crippen LogP contribution in [0.2, 0.25) is 0 Å². The van der Waals surface area contributed by atoms with Crippen molar-refractivity contribution in [2.75, 3.05) is 31.1 Å². The number of rotatable bonds is 5. The normalized spacial score (nSPS) is 15.2. The number of carbonyl (C=O) groups excluding carboxylic acids is 1. The fourth-order valence-corrected chi connectivity index (χ4v) is 3.23. The number of hydrogen-bond acceptors (Lipinski definition) is 6. The van der Waals surface area contributed by atoms with Gasteiger partial charge >= 0.3 is 0 Å². The van der Waals surface area contributed by atoms with E-state index in [1.54, 1.807) is 18.1 Å². The smallest absolute Gasteiger partial charge is 0.263 e. The van der Waals surface area contributed by atoms with Gasteiger partial charge in [-0.15, -0.1) is 10.2 Å². The molecule has 8 heteroatoms. The summed E-state index contributed by atoms with van der Waals surface area (Å²) in [5, 5.41) is 8.50. The quantitative estimate of drug-likeness (QED) is 0.660. The topological polar surface area (TPSA) is 71.7 Å². The van der Waals surface area contributed by atoms with Crippen molar-refractivity contribution in [3.8, 4) is 17.2 Å². The minimum Gasteiger partial charge on any atom is -0.481 e. The molecule has 7 nitrogen and oxygen atoms in total. The first-order valence-corrected chi connectivity index (χ1v) is 9.44. The molecule has 1 amide bonds. The highest BCUT2D eigenvalue weighted by Gasteiger charge is 2.26. The zero-order chi connectivity index (χ0) is 20.2. The molecule has 29 heavy (non-hydrogen) atoms. The van der Waals surface area contributed by atoms with Gasteiger partial charge in [-0.2, -0.15) is 0 Å². The highest BCUT2D eigenvalue weighted by molar-refractivity contribution is 5.81. The summed E-state index contributed by atoms with van der Waals surface area (Å²) in [5.41, 5.74) is 0.680. The minimum atomic E-state index is -0.639. The lowest BCUT2D eigenvalue weighted by atomic mass is 10.2. The predicted molar refractivity (Wildman–Crippen MR) is 105 cm³/mol. The Bertz CT molecular complexity index is 937. The number of ether oxygens (including phenoxy) is 1. The Hall–Kier alpha value is -3.42. The van der Waals surface area contributed by atoms with Gasteiger partial charge in [0.15, 0.2) is 17.7 Å². The largest absolute Gasteiger partial charge is 0.481 e. The number of hydrogen-bond donors (Lipinski definition) is 0.